The largest absolute Gasteiger partial charge is 0.396 e. The number of hydrogen-bond acceptors (Lipinski definition) is 3. The van der Waals surface area contributed by atoms with E-state index in [2.05, 4.69) is 0 Å². The summed E-state index contributed by atoms with van der Waals surface area (Å²) in [5.74, 6) is -0.424. The Kier molecular flexibility index (Phi) is 3.95. The van der Waals surface area contributed by atoms with Gasteiger partial charge in [-0.3, -0.25) is 14.5 Å². The van der Waals surface area contributed by atoms with E-state index in [1.807, 2.05) is 39.0 Å². The zero-order chi connectivity index (χ0) is 14.9. The van der Waals surface area contributed by atoms with Crippen LogP contribution < -0.4 is 0 Å². The Hall–Kier alpha value is -1.68. The minimum atomic E-state index is -0.291. The molecular weight excluding hydrogens is 254 g/mol. The first-order valence-corrected chi connectivity index (χ1v) is 6.91. The molecule has 1 aliphatic rings. The molecule has 0 saturated heterocycles. The van der Waals surface area contributed by atoms with E-state index in [-0.39, 0.29) is 36.3 Å². The topological polar surface area (TPSA) is 57.6 Å². The smallest absolute Gasteiger partial charge is 0.261 e. The van der Waals surface area contributed by atoms with Crippen LogP contribution in [0.3, 0.4) is 0 Å². The molecule has 2 amide bonds. The minimum Gasteiger partial charge on any atom is -0.396 e. The number of carbonyl (C=O) groups is 2. The molecule has 0 fully saturated rings. The van der Waals surface area contributed by atoms with Crippen molar-refractivity contribution >= 4 is 11.8 Å². The van der Waals surface area contributed by atoms with Gasteiger partial charge in [0.1, 0.15) is 0 Å². The molecule has 0 aromatic heterocycles. The molecule has 0 radical (unpaired) electrons. The zero-order valence-corrected chi connectivity index (χ0v) is 12.2. The van der Waals surface area contributed by atoms with Crippen LogP contribution in [0.25, 0.3) is 0 Å². The molecule has 4 nitrogen and oxygen atoms in total. The number of rotatable bonds is 3. The predicted octanol–water partition coefficient (Wildman–Crippen LogP) is 2.01. The molecule has 0 bridgehead atoms. The van der Waals surface area contributed by atoms with Crippen LogP contribution in [-0.4, -0.2) is 34.5 Å². The van der Waals surface area contributed by atoms with Crippen LogP contribution in [0.2, 0.25) is 0 Å². The van der Waals surface area contributed by atoms with Crippen molar-refractivity contribution < 1.29 is 14.7 Å². The van der Waals surface area contributed by atoms with Crippen molar-refractivity contribution in [1.29, 1.82) is 0 Å². The van der Waals surface area contributed by atoms with Gasteiger partial charge in [0.25, 0.3) is 5.91 Å². The number of benzene rings is 1. The fourth-order valence-electron chi connectivity index (χ4n) is 2.76. The summed E-state index contributed by atoms with van der Waals surface area (Å²) in [6.45, 7) is 5.90. The quantitative estimate of drug-likeness (QED) is 0.858. The lowest BCUT2D eigenvalue weighted by Crippen LogP contribution is -2.53. The minimum absolute atomic E-state index is 0.0410. The predicted molar refractivity (Wildman–Crippen MR) is 76.3 cm³/mol. The van der Waals surface area contributed by atoms with Crippen molar-refractivity contribution in [2.45, 2.75) is 39.7 Å². The van der Waals surface area contributed by atoms with Gasteiger partial charge in [-0.15, -0.1) is 0 Å². The van der Waals surface area contributed by atoms with E-state index >= 15 is 0 Å². The first-order chi connectivity index (χ1) is 9.36. The lowest BCUT2D eigenvalue weighted by atomic mass is 9.82. The van der Waals surface area contributed by atoms with Crippen molar-refractivity contribution in [3.63, 3.8) is 0 Å². The lowest BCUT2D eigenvalue weighted by Gasteiger charge is -2.40. The highest BCUT2D eigenvalue weighted by Crippen LogP contribution is 2.31. The maximum atomic E-state index is 12.6. The van der Waals surface area contributed by atoms with Gasteiger partial charge in [0, 0.05) is 18.2 Å². The van der Waals surface area contributed by atoms with Crippen LogP contribution in [0.1, 0.15) is 43.1 Å². The fourth-order valence-corrected chi connectivity index (χ4v) is 2.76. The van der Waals surface area contributed by atoms with E-state index < -0.39 is 0 Å². The Morgan fingerprint density at radius 1 is 1.25 bits per heavy atom. The van der Waals surface area contributed by atoms with Crippen LogP contribution in [0.4, 0.5) is 0 Å². The summed E-state index contributed by atoms with van der Waals surface area (Å²) in [6.07, 6.45) is 0.656. The summed E-state index contributed by atoms with van der Waals surface area (Å²) in [5.41, 5.74) is 1.12. The second kappa shape index (κ2) is 5.37. The molecule has 1 aromatic carbocycles. The molecule has 1 unspecified atom stereocenters. The first kappa shape index (κ1) is 14.7. The number of imide groups is 1. The summed E-state index contributed by atoms with van der Waals surface area (Å²) in [6, 6.07) is 6.93. The van der Waals surface area contributed by atoms with Crippen LogP contribution in [-0.2, 0) is 11.2 Å². The molecule has 1 heterocycles. The van der Waals surface area contributed by atoms with Crippen molar-refractivity contribution in [2.24, 2.45) is 5.41 Å². The molecule has 20 heavy (non-hydrogen) atoms. The highest BCUT2D eigenvalue weighted by Gasteiger charge is 2.40. The summed E-state index contributed by atoms with van der Waals surface area (Å²) >= 11 is 0. The molecule has 108 valence electrons. The second-order valence-corrected chi connectivity index (χ2v) is 6.30. The summed E-state index contributed by atoms with van der Waals surface area (Å²) < 4.78 is 0. The van der Waals surface area contributed by atoms with E-state index in [9.17, 15) is 14.7 Å². The van der Waals surface area contributed by atoms with E-state index in [1.165, 1.54) is 4.90 Å². The zero-order valence-electron chi connectivity index (χ0n) is 12.2. The molecule has 1 atom stereocenters. The third-order valence-corrected chi connectivity index (χ3v) is 3.79. The van der Waals surface area contributed by atoms with Gasteiger partial charge in [0.2, 0.25) is 5.91 Å². The second-order valence-electron chi connectivity index (χ2n) is 6.30. The molecule has 0 aliphatic carbocycles. The van der Waals surface area contributed by atoms with Gasteiger partial charge in [-0.1, -0.05) is 39.0 Å². The Morgan fingerprint density at radius 3 is 2.50 bits per heavy atom. The first-order valence-electron chi connectivity index (χ1n) is 6.91. The van der Waals surface area contributed by atoms with E-state index in [4.69, 9.17) is 0 Å². The average molecular weight is 275 g/mol. The summed E-state index contributed by atoms with van der Waals surface area (Å²) in [5, 5.41) is 9.25. The van der Waals surface area contributed by atoms with E-state index in [1.54, 1.807) is 6.07 Å². The van der Waals surface area contributed by atoms with Crippen LogP contribution in [0.5, 0.6) is 0 Å². The third kappa shape index (κ3) is 2.61. The van der Waals surface area contributed by atoms with Gasteiger partial charge in [0.15, 0.2) is 0 Å². The van der Waals surface area contributed by atoms with Gasteiger partial charge in [-0.25, -0.2) is 0 Å². The maximum absolute atomic E-state index is 12.6. The van der Waals surface area contributed by atoms with Gasteiger partial charge in [-0.2, -0.15) is 0 Å². The van der Waals surface area contributed by atoms with Crippen LogP contribution in [0.15, 0.2) is 24.3 Å². The molecule has 0 saturated carbocycles. The standard InChI is InChI=1S/C16H21NO3/c1-16(2,3)13(8-9-18)17-14(19)10-11-6-4-5-7-12(11)15(17)20/h4-7,13,18H,8-10H2,1-3H3. The summed E-state index contributed by atoms with van der Waals surface area (Å²) in [4.78, 5) is 26.3. The Morgan fingerprint density at radius 2 is 1.90 bits per heavy atom. The molecular formula is C16H21NO3. The number of hydrogen-bond donors (Lipinski definition) is 1. The molecule has 1 aliphatic heterocycles. The average Bonchev–Trinajstić information content (AvgIpc) is 2.36. The highest BCUT2D eigenvalue weighted by molar-refractivity contribution is 6.10. The monoisotopic (exact) mass is 275 g/mol. The van der Waals surface area contributed by atoms with Gasteiger partial charge >= 0.3 is 0 Å². The van der Waals surface area contributed by atoms with Crippen molar-refractivity contribution in [3.8, 4) is 0 Å². The van der Waals surface area contributed by atoms with Gasteiger partial charge < -0.3 is 5.11 Å². The van der Waals surface area contributed by atoms with Gasteiger partial charge in [-0.05, 0) is 23.5 Å². The van der Waals surface area contributed by atoms with E-state index in [0.717, 1.165) is 5.56 Å². The SMILES string of the molecule is CC(C)(C)C(CCO)N1C(=O)Cc2ccccc2C1=O. The number of carbonyl (C=O) groups excluding carboxylic acids is 2. The van der Waals surface area contributed by atoms with Crippen LogP contribution in [0, 0.1) is 5.41 Å². The van der Waals surface area contributed by atoms with Crippen LogP contribution >= 0.6 is 0 Å². The maximum Gasteiger partial charge on any atom is 0.261 e. The molecule has 0 spiro atoms. The van der Waals surface area contributed by atoms with Gasteiger partial charge in [0.05, 0.1) is 6.42 Å². The highest BCUT2D eigenvalue weighted by atomic mass is 16.3. The molecule has 1 aromatic rings. The summed E-state index contributed by atoms with van der Waals surface area (Å²) in [7, 11) is 0. The van der Waals surface area contributed by atoms with Crippen molar-refractivity contribution in [2.75, 3.05) is 6.61 Å². The Bertz CT molecular complexity index is 531. The number of fused-ring (bicyclic) bond motifs is 1. The Labute approximate surface area is 119 Å². The lowest BCUT2D eigenvalue weighted by molar-refractivity contribution is -0.132. The number of aliphatic hydroxyl groups is 1. The Balaban J connectivity index is 2.42. The number of aliphatic hydroxyl groups excluding tert-OH is 1. The van der Waals surface area contributed by atoms with Crippen molar-refractivity contribution in [3.05, 3.63) is 35.4 Å². The van der Waals surface area contributed by atoms with E-state index in [0.29, 0.717) is 12.0 Å². The molecule has 1 N–H and O–H groups in total. The number of amides is 2. The number of nitrogens with zero attached hydrogens (tertiary/aromatic N) is 1. The normalized spacial score (nSPS) is 17.1. The third-order valence-electron chi connectivity index (χ3n) is 3.79. The molecule has 4 heteroatoms. The molecule has 2 rings (SSSR count). The van der Waals surface area contributed by atoms with Crippen molar-refractivity contribution in [1.82, 2.24) is 4.90 Å². The fraction of sp³-hybridized carbons (Fsp3) is 0.500.